The van der Waals surface area contributed by atoms with Crippen molar-refractivity contribution in [3.63, 3.8) is 0 Å². The van der Waals surface area contributed by atoms with Gasteiger partial charge in [0.1, 0.15) is 5.65 Å². The van der Waals surface area contributed by atoms with Gasteiger partial charge >= 0.3 is 6.43 Å². The van der Waals surface area contributed by atoms with Gasteiger partial charge in [0.25, 0.3) is 6.36 Å². The van der Waals surface area contributed by atoms with Crippen molar-refractivity contribution in [1.29, 1.82) is 0 Å². The van der Waals surface area contributed by atoms with Crippen LogP contribution in [0.2, 0.25) is 0 Å². The summed E-state index contributed by atoms with van der Waals surface area (Å²) in [4.78, 5) is 6.61. The second kappa shape index (κ2) is 4.32. The van der Waals surface area contributed by atoms with E-state index >= 15 is 0 Å². The number of rotatable bonds is 3. The molecule has 16 heavy (non-hydrogen) atoms. The highest BCUT2D eigenvalue weighted by Crippen LogP contribution is 2.26. The summed E-state index contributed by atoms with van der Waals surface area (Å²) >= 11 is 3.20. The zero-order valence-electron chi connectivity index (χ0n) is 7.75. The van der Waals surface area contributed by atoms with E-state index in [2.05, 4.69) is 30.6 Å². The van der Waals surface area contributed by atoms with Crippen LogP contribution in [0.1, 0.15) is 0 Å². The van der Waals surface area contributed by atoms with Crippen molar-refractivity contribution in [3.8, 4) is 5.88 Å². The first-order valence-corrected chi connectivity index (χ1v) is 5.10. The Morgan fingerprint density at radius 1 is 1.38 bits per heavy atom. The third-order valence-corrected chi connectivity index (χ3v) is 2.54. The molecule has 0 aliphatic heterocycles. The van der Waals surface area contributed by atoms with Crippen molar-refractivity contribution >= 4 is 27.0 Å². The van der Waals surface area contributed by atoms with E-state index in [0.29, 0.717) is 10.1 Å². The number of hydrogen-bond donors (Lipinski definition) is 1. The summed E-state index contributed by atoms with van der Waals surface area (Å²) in [5, 5.41) is 0.764. The Bertz CT molecular complexity index is 502. The van der Waals surface area contributed by atoms with Crippen molar-refractivity contribution in [2.24, 2.45) is 0 Å². The summed E-state index contributed by atoms with van der Waals surface area (Å²) in [7, 11) is 0. The molecule has 0 amide bonds. The SMILES string of the molecule is FC(F)C(F)Oc1cc(Br)c2cc[nH]c2n1. The number of aromatic amines is 1. The van der Waals surface area contributed by atoms with Gasteiger partial charge in [0.2, 0.25) is 5.88 Å². The molecule has 0 aliphatic carbocycles. The van der Waals surface area contributed by atoms with Gasteiger partial charge in [-0.25, -0.2) is 8.78 Å². The fourth-order valence-corrected chi connectivity index (χ4v) is 1.72. The Morgan fingerprint density at radius 2 is 2.12 bits per heavy atom. The summed E-state index contributed by atoms with van der Waals surface area (Å²) in [6.07, 6.45) is -4.24. The average Bonchev–Trinajstić information content (AvgIpc) is 2.65. The van der Waals surface area contributed by atoms with E-state index in [1.165, 1.54) is 6.07 Å². The molecule has 1 N–H and O–H groups in total. The van der Waals surface area contributed by atoms with E-state index < -0.39 is 12.8 Å². The number of alkyl halides is 3. The lowest BCUT2D eigenvalue weighted by molar-refractivity contribution is -0.0689. The minimum atomic E-state index is -3.19. The molecule has 1 atom stereocenters. The second-order valence-corrected chi connectivity index (χ2v) is 3.84. The van der Waals surface area contributed by atoms with Crippen molar-refractivity contribution in [2.45, 2.75) is 12.8 Å². The van der Waals surface area contributed by atoms with E-state index in [4.69, 9.17) is 0 Å². The number of nitrogens with zero attached hydrogens (tertiary/aromatic N) is 1. The summed E-state index contributed by atoms with van der Waals surface area (Å²) in [5.74, 6) is -0.199. The maximum absolute atomic E-state index is 12.6. The lowest BCUT2D eigenvalue weighted by Crippen LogP contribution is -2.20. The van der Waals surface area contributed by atoms with Gasteiger partial charge < -0.3 is 9.72 Å². The van der Waals surface area contributed by atoms with Crippen molar-refractivity contribution in [3.05, 3.63) is 22.8 Å². The molecule has 2 rings (SSSR count). The van der Waals surface area contributed by atoms with Gasteiger partial charge in [-0.2, -0.15) is 9.37 Å². The molecular formula is C9H6BrF3N2O. The van der Waals surface area contributed by atoms with Gasteiger partial charge in [0.15, 0.2) is 0 Å². The quantitative estimate of drug-likeness (QED) is 0.943. The van der Waals surface area contributed by atoms with Crippen LogP contribution in [-0.4, -0.2) is 22.8 Å². The highest BCUT2D eigenvalue weighted by Gasteiger charge is 2.21. The Balaban J connectivity index is 2.31. The minimum Gasteiger partial charge on any atom is -0.437 e. The molecule has 0 radical (unpaired) electrons. The first-order valence-electron chi connectivity index (χ1n) is 4.30. The number of pyridine rings is 1. The molecule has 0 saturated heterocycles. The molecule has 0 spiro atoms. The Kier molecular flexibility index (Phi) is 3.04. The van der Waals surface area contributed by atoms with Gasteiger partial charge in [0, 0.05) is 22.1 Å². The Morgan fingerprint density at radius 3 is 2.81 bits per heavy atom. The predicted octanol–water partition coefficient (Wildman–Crippen LogP) is 3.26. The van der Waals surface area contributed by atoms with Crippen molar-refractivity contribution in [2.75, 3.05) is 0 Å². The summed E-state index contributed by atoms with van der Waals surface area (Å²) in [6, 6.07) is 3.08. The monoisotopic (exact) mass is 294 g/mol. The van der Waals surface area contributed by atoms with Gasteiger partial charge in [-0.15, -0.1) is 0 Å². The molecule has 2 heterocycles. The number of hydrogen-bond acceptors (Lipinski definition) is 2. The zero-order chi connectivity index (χ0) is 11.7. The topological polar surface area (TPSA) is 37.9 Å². The van der Waals surface area contributed by atoms with Crippen LogP contribution in [0.15, 0.2) is 22.8 Å². The number of ether oxygens (including phenoxy) is 1. The Hall–Kier alpha value is -1.24. The maximum Gasteiger partial charge on any atom is 0.304 e. The predicted molar refractivity (Wildman–Crippen MR) is 55.3 cm³/mol. The van der Waals surface area contributed by atoms with Gasteiger partial charge in [0.05, 0.1) is 0 Å². The van der Waals surface area contributed by atoms with E-state index in [1.54, 1.807) is 12.3 Å². The van der Waals surface area contributed by atoms with E-state index in [9.17, 15) is 13.2 Å². The third-order valence-electron chi connectivity index (χ3n) is 1.89. The van der Waals surface area contributed by atoms with Crippen LogP contribution in [0.25, 0.3) is 11.0 Å². The first kappa shape index (κ1) is 11.3. The first-order chi connectivity index (χ1) is 7.58. The number of halogens is 4. The molecule has 3 nitrogen and oxygen atoms in total. The van der Waals surface area contributed by atoms with Crippen LogP contribution in [0.4, 0.5) is 13.2 Å². The fraction of sp³-hybridized carbons (Fsp3) is 0.222. The minimum absolute atomic E-state index is 0.199. The van der Waals surface area contributed by atoms with Crippen LogP contribution in [0, 0.1) is 0 Å². The van der Waals surface area contributed by atoms with Crippen LogP contribution < -0.4 is 4.74 Å². The molecule has 1 unspecified atom stereocenters. The van der Waals surface area contributed by atoms with Crippen LogP contribution in [0.3, 0.4) is 0 Å². The molecule has 0 saturated carbocycles. The molecular weight excluding hydrogens is 289 g/mol. The highest BCUT2D eigenvalue weighted by atomic mass is 79.9. The summed E-state index contributed by atoms with van der Waals surface area (Å²) in [5.41, 5.74) is 0.436. The molecule has 0 aliphatic rings. The molecule has 7 heteroatoms. The van der Waals surface area contributed by atoms with Crippen LogP contribution in [-0.2, 0) is 0 Å². The largest absolute Gasteiger partial charge is 0.437 e. The van der Waals surface area contributed by atoms with Crippen molar-refractivity contribution < 1.29 is 17.9 Å². The van der Waals surface area contributed by atoms with Crippen LogP contribution >= 0.6 is 15.9 Å². The summed E-state index contributed by atoms with van der Waals surface area (Å²) < 4.78 is 41.4. The maximum atomic E-state index is 12.6. The lowest BCUT2D eigenvalue weighted by atomic mass is 10.3. The lowest BCUT2D eigenvalue weighted by Gasteiger charge is -2.09. The second-order valence-electron chi connectivity index (χ2n) is 2.99. The van der Waals surface area contributed by atoms with Crippen LogP contribution in [0.5, 0.6) is 5.88 Å². The molecule has 86 valence electrons. The standard InChI is InChI=1S/C9H6BrF3N2O/c10-5-3-6(16-8(13)7(11)12)15-9-4(5)1-2-14-9/h1-3,7-8H,(H,14,15). The molecule has 0 fully saturated rings. The number of aromatic nitrogens is 2. The number of fused-ring (bicyclic) bond motifs is 1. The van der Waals surface area contributed by atoms with E-state index in [0.717, 1.165) is 5.39 Å². The average molecular weight is 295 g/mol. The van der Waals surface area contributed by atoms with Crippen molar-refractivity contribution in [1.82, 2.24) is 9.97 Å². The molecule has 0 bridgehead atoms. The van der Waals surface area contributed by atoms with Gasteiger partial charge in [-0.05, 0) is 22.0 Å². The molecule has 0 aromatic carbocycles. The van der Waals surface area contributed by atoms with E-state index in [1.807, 2.05) is 0 Å². The van der Waals surface area contributed by atoms with Gasteiger partial charge in [-0.3, -0.25) is 0 Å². The zero-order valence-corrected chi connectivity index (χ0v) is 9.34. The summed E-state index contributed by atoms with van der Waals surface area (Å²) in [6.45, 7) is 0. The number of nitrogens with one attached hydrogen (secondary N) is 1. The fourth-order valence-electron chi connectivity index (χ4n) is 1.20. The van der Waals surface area contributed by atoms with E-state index in [-0.39, 0.29) is 5.88 Å². The smallest absolute Gasteiger partial charge is 0.304 e. The molecule has 2 aromatic rings. The Labute approximate surface area is 96.7 Å². The number of H-pyrrole nitrogens is 1. The molecule has 2 aromatic heterocycles. The van der Waals surface area contributed by atoms with Gasteiger partial charge in [-0.1, -0.05) is 0 Å². The third kappa shape index (κ3) is 2.13. The normalized spacial score (nSPS) is 13.3. The highest BCUT2D eigenvalue weighted by molar-refractivity contribution is 9.10.